The zero-order valence-electron chi connectivity index (χ0n) is 9.14. The quantitative estimate of drug-likeness (QED) is 0.627. The highest BCUT2D eigenvalue weighted by molar-refractivity contribution is 9.18. The van der Waals surface area contributed by atoms with Crippen LogP contribution >= 0.6 is 15.9 Å². The van der Waals surface area contributed by atoms with E-state index in [4.69, 9.17) is 0 Å². The minimum atomic E-state index is -0.117. The predicted octanol–water partition coefficient (Wildman–Crippen LogP) is 2.52. The largest absolute Gasteiger partial charge is 0.334 e. The molecule has 1 heterocycles. The molecule has 0 unspecified atom stereocenters. The van der Waals surface area contributed by atoms with Crippen LogP contribution in [0.2, 0.25) is 0 Å². The number of rotatable bonds is 2. The first-order valence-electron chi connectivity index (χ1n) is 4.88. The van der Waals surface area contributed by atoms with Crippen molar-refractivity contribution in [3.05, 3.63) is 30.1 Å². The third kappa shape index (κ3) is 2.09. The second kappa shape index (κ2) is 4.25. The Hall–Kier alpha value is -1.36. The molecule has 5 heteroatoms. The summed E-state index contributed by atoms with van der Waals surface area (Å²) in [4.78, 5) is 16.8. The van der Waals surface area contributed by atoms with Gasteiger partial charge in [0.15, 0.2) is 0 Å². The van der Waals surface area contributed by atoms with Crippen LogP contribution in [-0.4, -0.2) is 26.3 Å². The third-order valence-corrected chi connectivity index (χ3v) is 3.12. The maximum absolute atomic E-state index is 11.0. The zero-order valence-corrected chi connectivity index (χ0v) is 10.7. The second-order valence-electron chi connectivity index (χ2n) is 3.79. The Morgan fingerprint density at radius 1 is 1.56 bits per heavy atom. The fourth-order valence-electron chi connectivity index (χ4n) is 1.62. The molecule has 1 aromatic heterocycles. The first kappa shape index (κ1) is 11.1. The molecule has 0 spiro atoms. The Kier molecular flexibility index (Phi) is 2.96. The average Bonchev–Trinajstić information content (AvgIpc) is 2.60. The Labute approximate surface area is 102 Å². The molecule has 0 saturated carbocycles. The number of aromatic nitrogens is 2. The fourth-order valence-corrected chi connectivity index (χ4v) is 1.74. The summed E-state index contributed by atoms with van der Waals surface area (Å²) in [6, 6.07) is 6.03. The van der Waals surface area contributed by atoms with Crippen molar-refractivity contribution in [2.75, 3.05) is 7.05 Å². The van der Waals surface area contributed by atoms with Crippen molar-refractivity contribution in [1.82, 2.24) is 14.5 Å². The Balaban J connectivity index is 2.29. The van der Waals surface area contributed by atoms with Crippen molar-refractivity contribution in [1.29, 1.82) is 0 Å². The van der Waals surface area contributed by atoms with Gasteiger partial charge in [0.2, 0.25) is 0 Å². The highest BCUT2D eigenvalue weighted by atomic mass is 79.9. The van der Waals surface area contributed by atoms with Gasteiger partial charge < -0.3 is 9.47 Å². The number of benzene rings is 1. The summed E-state index contributed by atoms with van der Waals surface area (Å²) >= 11 is 2.92. The molecule has 1 aromatic carbocycles. The molecule has 84 valence electrons. The van der Waals surface area contributed by atoms with Gasteiger partial charge in [-0.05, 0) is 17.7 Å². The smallest absolute Gasteiger partial charge is 0.289 e. The van der Waals surface area contributed by atoms with Gasteiger partial charge in [-0.3, -0.25) is 4.79 Å². The monoisotopic (exact) mass is 281 g/mol. The van der Waals surface area contributed by atoms with Crippen molar-refractivity contribution in [3.63, 3.8) is 0 Å². The number of aryl methyl sites for hydroxylation is 1. The van der Waals surface area contributed by atoms with Crippen LogP contribution in [0.4, 0.5) is 4.79 Å². The molecule has 0 aliphatic carbocycles. The maximum atomic E-state index is 11.0. The molecule has 0 saturated heterocycles. The first-order chi connectivity index (χ1) is 7.58. The molecule has 4 nitrogen and oxygen atoms in total. The number of halogens is 1. The molecule has 2 rings (SSSR count). The number of imidazole rings is 1. The molecule has 16 heavy (non-hydrogen) atoms. The van der Waals surface area contributed by atoms with E-state index in [0.29, 0.717) is 6.54 Å². The van der Waals surface area contributed by atoms with E-state index in [-0.39, 0.29) is 4.82 Å². The van der Waals surface area contributed by atoms with Gasteiger partial charge in [0.25, 0.3) is 4.82 Å². The van der Waals surface area contributed by atoms with E-state index >= 15 is 0 Å². The van der Waals surface area contributed by atoms with Gasteiger partial charge in [-0.25, -0.2) is 4.98 Å². The van der Waals surface area contributed by atoms with E-state index in [1.807, 2.05) is 29.8 Å². The van der Waals surface area contributed by atoms with Crippen molar-refractivity contribution >= 4 is 31.8 Å². The van der Waals surface area contributed by atoms with Gasteiger partial charge in [0.05, 0.1) is 17.4 Å². The van der Waals surface area contributed by atoms with Crippen LogP contribution in [0.5, 0.6) is 0 Å². The van der Waals surface area contributed by atoms with Crippen molar-refractivity contribution in [2.24, 2.45) is 7.05 Å². The predicted molar refractivity (Wildman–Crippen MR) is 66.5 cm³/mol. The van der Waals surface area contributed by atoms with Crippen LogP contribution in [0, 0.1) is 0 Å². The number of carbonyl (C=O) groups excluding carboxylic acids is 1. The Bertz CT molecular complexity index is 535. The minimum Gasteiger partial charge on any atom is -0.334 e. The van der Waals surface area contributed by atoms with Gasteiger partial charge in [-0.2, -0.15) is 0 Å². The van der Waals surface area contributed by atoms with Crippen LogP contribution in [-0.2, 0) is 13.6 Å². The first-order valence-corrected chi connectivity index (χ1v) is 5.68. The molecule has 0 aliphatic heterocycles. The fraction of sp³-hybridized carbons (Fsp3) is 0.273. The second-order valence-corrected chi connectivity index (χ2v) is 4.47. The summed E-state index contributed by atoms with van der Waals surface area (Å²) in [6.45, 7) is 0.580. The van der Waals surface area contributed by atoms with Gasteiger partial charge in [-0.15, -0.1) is 0 Å². The van der Waals surface area contributed by atoms with E-state index in [2.05, 4.69) is 20.9 Å². The summed E-state index contributed by atoms with van der Waals surface area (Å²) in [5, 5.41) is 0. The van der Waals surface area contributed by atoms with Crippen molar-refractivity contribution < 1.29 is 4.79 Å². The molecular weight excluding hydrogens is 270 g/mol. The lowest BCUT2D eigenvalue weighted by atomic mass is 10.2. The average molecular weight is 282 g/mol. The number of hydrogen-bond donors (Lipinski definition) is 0. The molecule has 0 atom stereocenters. The van der Waals surface area contributed by atoms with Crippen LogP contribution in [0.3, 0.4) is 0 Å². The number of hydrogen-bond acceptors (Lipinski definition) is 2. The summed E-state index contributed by atoms with van der Waals surface area (Å²) in [5.74, 6) is 0. The summed E-state index contributed by atoms with van der Waals surface area (Å²) in [6.07, 6.45) is 1.79. The van der Waals surface area contributed by atoms with Gasteiger partial charge in [0, 0.05) is 36.6 Å². The topological polar surface area (TPSA) is 38.1 Å². The van der Waals surface area contributed by atoms with E-state index in [9.17, 15) is 4.79 Å². The summed E-state index contributed by atoms with van der Waals surface area (Å²) < 4.78 is 1.97. The van der Waals surface area contributed by atoms with Crippen LogP contribution in [0.25, 0.3) is 11.0 Å². The zero-order chi connectivity index (χ0) is 11.7. The van der Waals surface area contributed by atoms with Crippen LogP contribution in [0.1, 0.15) is 5.56 Å². The molecule has 0 N–H and O–H groups in total. The summed E-state index contributed by atoms with van der Waals surface area (Å²) in [7, 11) is 3.71. The molecule has 0 bridgehead atoms. The van der Waals surface area contributed by atoms with Gasteiger partial charge in [-0.1, -0.05) is 6.07 Å². The molecular formula is C11H12BrN3O. The van der Waals surface area contributed by atoms with Crippen molar-refractivity contribution in [3.8, 4) is 0 Å². The number of fused-ring (bicyclic) bond motifs is 1. The Morgan fingerprint density at radius 2 is 2.31 bits per heavy atom. The lowest BCUT2D eigenvalue weighted by Gasteiger charge is -2.13. The minimum absolute atomic E-state index is 0.117. The molecule has 0 fully saturated rings. The van der Waals surface area contributed by atoms with Gasteiger partial charge >= 0.3 is 0 Å². The highest BCUT2D eigenvalue weighted by Gasteiger charge is 2.06. The highest BCUT2D eigenvalue weighted by Crippen LogP contribution is 2.15. The van der Waals surface area contributed by atoms with Crippen LogP contribution in [0.15, 0.2) is 24.5 Å². The molecule has 1 amide bonds. The van der Waals surface area contributed by atoms with E-state index in [1.54, 1.807) is 18.3 Å². The third-order valence-electron chi connectivity index (χ3n) is 2.51. The standard InChI is InChI=1S/C11H12BrN3O/c1-14(11(12)16)6-8-3-4-10-9(5-8)13-7-15(10)2/h3-5,7H,6H2,1-2H3. The Morgan fingerprint density at radius 3 is 3.00 bits per heavy atom. The lowest BCUT2D eigenvalue weighted by Crippen LogP contribution is -2.19. The van der Waals surface area contributed by atoms with Crippen LogP contribution < -0.4 is 0 Å². The summed E-state index contributed by atoms with van der Waals surface area (Å²) in [5.41, 5.74) is 3.12. The van der Waals surface area contributed by atoms with Gasteiger partial charge in [0.1, 0.15) is 0 Å². The van der Waals surface area contributed by atoms with E-state index < -0.39 is 0 Å². The molecule has 0 radical (unpaired) electrons. The molecule has 2 aromatic rings. The normalized spacial score (nSPS) is 10.7. The van der Waals surface area contributed by atoms with E-state index in [1.165, 1.54) is 0 Å². The lowest BCUT2D eigenvalue weighted by molar-refractivity contribution is 0.233. The number of nitrogens with zero attached hydrogens (tertiary/aromatic N) is 3. The SMILES string of the molecule is CN(Cc1ccc2c(c1)ncn2C)C(=O)Br. The number of amides is 1. The maximum Gasteiger partial charge on any atom is 0.289 e. The van der Waals surface area contributed by atoms with E-state index in [0.717, 1.165) is 16.6 Å². The number of carbonyl (C=O) groups is 1. The van der Waals surface area contributed by atoms with Crippen molar-refractivity contribution in [2.45, 2.75) is 6.54 Å². The molecule has 0 aliphatic rings.